The fourth-order valence-corrected chi connectivity index (χ4v) is 1.72. The van der Waals surface area contributed by atoms with Gasteiger partial charge in [-0.1, -0.05) is 39.2 Å². The van der Waals surface area contributed by atoms with E-state index in [1.54, 1.807) is 18.4 Å². The maximum Gasteiger partial charge on any atom is 0.154 e. The van der Waals surface area contributed by atoms with Gasteiger partial charge in [-0.15, -0.1) is 0 Å². The van der Waals surface area contributed by atoms with Gasteiger partial charge in [0.05, 0.1) is 6.10 Å². The van der Waals surface area contributed by atoms with E-state index in [0.29, 0.717) is 6.42 Å². The number of nitrogens with one attached hydrogen (secondary N) is 1. The Balaban J connectivity index is 0. The monoisotopic (exact) mass is 329 g/mol. The highest BCUT2D eigenvalue weighted by Gasteiger charge is 2.03. The quantitative estimate of drug-likeness (QED) is 0.176. The van der Waals surface area contributed by atoms with Crippen LogP contribution in [-0.2, 0) is 14.4 Å². The van der Waals surface area contributed by atoms with E-state index >= 15 is 0 Å². The molecule has 136 valence electrons. The molecule has 2 unspecified atom stereocenters. The van der Waals surface area contributed by atoms with Crippen molar-refractivity contribution in [2.75, 3.05) is 7.11 Å². The summed E-state index contributed by atoms with van der Waals surface area (Å²) in [5.74, 6) is 0.0203. The molecule has 0 aromatic heterocycles. The molecule has 0 radical (unpaired) electrons. The lowest BCUT2D eigenvalue weighted by Crippen LogP contribution is -2.16. The second kappa shape index (κ2) is 18.9. The number of carbonyl (C=O) groups is 1. The topological polar surface area (TPSA) is 67.8 Å². The van der Waals surface area contributed by atoms with Crippen LogP contribution in [0.15, 0.2) is 24.4 Å². The van der Waals surface area contributed by atoms with Crippen LogP contribution in [0.4, 0.5) is 0 Å². The van der Waals surface area contributed by atoms with Gasteiger partial charge in [0.2, 0.25) is 0 Å². The smallest absolute Gasteiger partial charge is 0.154 e. The SMILES string of the molecule is CC.COC(O)CCCCCCC(C)ON/C=C\C=C/C(C)=O. The number of aliphatic hydroxyl groups is 1. The third kappa shape index (κ3) is 20.8. The molecule has 0 bridgehead atoms. The molecule has 0 aromatic carbocycles. The predicted octanol–water partition coefficient (Wildman–Crippen LogP) is 3.89. The van der Waals surface area contributed by atoms with E-state index in [4.69, 9.17) is 9.57 Å². The number of carbonyl (C=O) groups excluding carboxylic acids is 1. The molecule has 2 N–H and O–H groups in total. The van der Waals surface area contributed by atoms with Crippen LogP contribution in [0.5, 0.6) is 0 Å². The van der Waals surface area contributed by atoms with Crippen LogP contribution in [0, 0.1) is 0 Å². The first kappa shape index (κ1) is 24.1. The van der Waals surface area contributed by atoms with Crippen LogP contribution in [-0.4, -0.2) is 30.4 Å². The molecule has 0 aliphatic carbocycles. The summed E-state index contributed by atoms with van der Waals surface area (Å²) in [4.78, 5) is 16.0. The molecule has 0 spiro atoms. The largest absolute Gasteiger partial charge is 0.368 e. The number of ether oxygens (including phenoxy) is 1. The van der Waals surface area contributed by atoms with Crippen molar-refractivity contribution in [3.8, 4) is 0 Å². The highest BCUT2D eigenvalue weighted by atomic mass is 16.7. The summed E-state index contributed by atoms with van der Waals surface area (Å²) in [6, 6.07) is 0. The van der Waals surface area contributed by atoms with Gasteiger partial charge in [-0.3, -0.25) is 15.1 Å². The van der Waals surface area contributed by atoms with Gasteiger partial charge >= 0.3 is 0 Å². The van der Waals surface area contributed by atoms with E-state index < -0.39 is 6.29 Å². The molecule has 0 fully saturated rings. The van der Waals surface area contributed by atoms with Gasteiger partial charge in [-0.25, -0.2) is 0 Å². The molecule has 23 heavy (non-hydrogen) atoms. The number of methoxy groups -OCH3 is 1. The number of hydrogen-bond donors (Lipinski definition) is 2. The molecule has 0 aliphatic rings. The molecular weight excluding hydrogens is 294 g/mol. The van der Waals surface area contributed by atoms with Gasteiger partial charge in [-0.2, -0.15) is 0 Å². The van der Waals surface area contributed by atoms with E-state index in [1.807, 2.05) is 20.8 Å². The summed E-state index contributed by atoms with van der Waals surface area (Å²) < 4.78 is 4.78. The molecule has 2 atom stereocenters. The van der Waals surface area contributed by atoms with Gasteiger partial charge in [-0.05, 0) is 45.3 Å². The van der Waals surface area contributed by atoms with Crippen LogP contribution in [0.1, 0.15) is 66.2 Å². The molecule has 0 rings (SSSR count). The zero-order chi connectivity index (χ0) is 17.9. The molecule has 0 amide bonds. The highest BCUT2D eigenvalue weighted by molar-refractivity contribution is 5.87. The fourth-order valence-electron chi connectivity index (χ4n) is 1.72. The number of aliphatic hydroxyl groups excluding tert-OH is 1. The summed E-state index contributed by atoms with van der Waals surface area (Å²) in [5.41, 5.74) is 2.74. The first-order valence-electron chi connectivity index (χ1n) is 8.52. The zero-order valence-corrected chi connectivity index (χ0v) is 15.4. The summed E-state index contributed by atoms with van der Waals surface area (Å²) >= 11 is 0. The van der Waals surface area contributed by atoms with Crippen LogP contribution < -0.4 is 5.48 Å². The maximum absolute atomic E-state index is 10.6. The predicted molar refractivity (Wildman–Crippen MR) is 94.7 cm³/mol. The van der Waals surface area contributed by atoms with E-state index in [-0.39, 0.29) is 11.9 Å². The highest BCUT2D eigenvalue weighted by Crippen LogP contribution is 2.10. The van der Waals surface area contributed by atoms with Crippen molar-refractivity contribution in [3.05, 3.63) is 24.4 Å². The Labute approximate surface area is 141 Å². The van der Waals surface area contributed by atoms with Crippen LogP contribution >= 0.6 is 0 Å². The molecular formula is C18H35NO4. The van der Waals surface area contributed by atoms with Gasteiger partial charge < -0.3 is 9.84 Å². The number of ketones is 1. The van der Waals surface area contributed by atoms with Crippen molar-refractivity contribution < 1.29 is 19.5 Å². The van der Waals surface area contributed by atoms with E-state index in [9.17, 15) is 9.90 Å². The number of rotatable bonds is 13. The van der Waals surface area contributed by atoms with Gasteiger partial charge in [0, 0.05) is 13.3 Å². The Hall–Kier alpha value is -1.17. The maximum atomic E-state index is 10.6. The lowest BCUT2D eigenvalue weighted by molar-refractivity contribution is -0.112. The van der Waals surface area contributed by atoms with Crippen molar-refractivity contribution in [2.24, 2.45) is 0 Å². The van der Waals surface area contributed by atoms with Crippen molar-refractivity contribution >= 4 is 5.78 Å². The molecule has 0 saturated carbocycles. The summed E-state index contributed by atoms with van der Waals surface area (Å²) in [6.07, 6.45) is 12.0. The molecule has 0 saturated heterocycles. The van der Waals surface area contributed by atoms with Gasteiger partial charge in [0.15, 0.2) is 12.1 Å². The van der Waals surface area contributed by atoms with Crippen molar-refractivity contribution in [3.63, 3.8) is 0 Å². The average molecular weight is 329 g/mol. The number of unbranched alkanes of at least 4 members (excludes halogenated alkanes) is 3. The van der Waals surface area contributed by atoms with Gasteiger partial charge in [0.1, 0.15) is 0 Å². The Morgan fingerprint density at radius 3 is 2.30 bits per heavy atom. The van der Waals surface area contributed by atoms with Crippen molar-refractivity contribution in [1.29, 1.82) is 0 Å². The minimum Gasteiger partial charge on any atom is -0.368 e. The minimum absolute atomic E-state index is 0.0203. The van der Waals surface area contributed by atoms with Crippen LogP contribution in [0.3, 0.4) is 0 Å². The Morgan fingerprint density at radius 1 is 1.13 bits per heavy atom. The molecule has 0 aromatic rings. The van der Waals surface area contributed by atoms with E-state index in [2.05, 4.69) is 5.48 Å². The third-order valence-electron chi connectivity index (χ3n) is 2.96. The molecule has 0 aliphatic heterocycles. The Morgan fingerprint density at radius 2 is 1.74 bits per heavy atom. The summed E-state index contributed by atoms with van der Waals surface area (Å²) in [5, 5.41) is 9.21. The number of allylic oxidation sites excluding steroid dienone is 3. The number of hydroxylamine groups is 1. The second-order valence-electron chi connectivity index (χ2n) is 5.06. The van der Waals surface area contributed by atoms with E-state index in [0.717, 1.165) is 32.1 Å². The molecule has 0 heterocycles. The Bertz CT molecular complexity index is 316. The zero-order valence-electron chi connectivity index (χ0n) is 15.4. The second-order valence-corrected chi connectivity index (χ2v) is 5.06. The third-order valence-corrected chi connectivity index (χ3v) is 2.96. The summed E-state index contributed by atoms with van der Waals surface area (Å²) in [6.45, 7) is 7.52. The first-order valence-corrected chi connectivity index (χ1v) is 8.52. The molecule has 5 nitrogen and oxygen atoms in total. The minimum atomic E-state index is -0.625. The average Bonchev–Trinajstić information content (AvgIpc) is 2.55. The first-order chi connectivity index (χ1) is 11.1. The van der Waals surface area contributed by atoms with Gasteiger partial charge in [0.25, 0.3) is 0 Å². The number of hydrogen-bond acceptors (Lipinski definition) is 5. The van der Waals surface area contributed by atoms with Crippen LogP contribution in [0.2, 0.25) is 0 Å². The standard InChI is InChI=1S/C16H29NO4.C2H6/c1-14(18)10-8-9-13-17-21-15(2)11-6-4-5-7-12-16(19)20-3;1-2/h8-10,13,15-17,19H,4-7,11-12H2,1-3H3;1-2H3/b10-8-,13-9-;. The lowest BCUT2D eigenvalue weighted by Gasteiger charge is -2.12. The lowest BCUT2D eigenvalue weighted by atomic mass is 10.1. The molecule has 5 heteroatoms. The van der Waals surface area contributed by atoms with Crippen LogP contribution in [0.25, 0.3) is 0 Å². The van der Waals surface area contributed by atoms with Crippen molar-refractivity contribution in [1.82, 2.24) is 5.48 Å². The van der Waals surface area contributed by atoms with Crippen molar-refractivity contribution in [2.45, 2.75) is 78.6 Å². The fraction of sp³-hybridized carbons (Fsp3) is 0.722. The Kier molecular flexibility index (Phi) is 19.8. The summed E-state index contributed by atoms with van der Waals surface area (Å²) in [7, 11) is 1.51. The normalized spacial score (nSPS) is 13.7. The van der Waals surface area contributed by atoms with E-state index in [1.165, 1.54) is 20.1 Å².